The fraction of sp³-hybridized carbons (Fsp3) is 0.118. The molecule has 0 aliphatic heterocycles. The fourth-order valence-corrected chi connectivity index (χ4v) is 3.09. The number of carbonyl (C=O) groups excluding carboxylic acids is 1. The molecule has 3 heteroatoms. The first-order valence-corrected chi connectivity index (χ1v) is 7.40. The van der Waals surface area contributed by atoms with Crippen molar-refractivity contribution in [3.63, 3.8) is 0 Å². The van der Waals surface area contributed by atoms with Crippen molar-refractivity contribution >= 4 is 32.6 Å². The minimum atomic E-state index is 0.0700. The standard InChI is InChI=1S/C17H14BrNO/c1-2-11-6-3-4-7-12(11)17(20)13-10-19-15-9-5-8-14(18)16(13)15/h3-10,19H,2H2,1H3. The summed E-state index contributed by atoms with van der Waals surface area (Å²) in [5.74, 6) is 0.0700. The Morgan fingerprint density at radius 2 is 1.90 bits per heavy atom. The van der Waals surface area contributed by atoms with Crippen molar-refractivity contribution in [2.45, 2.75) is 13.3 Å². The van der Waals surface area contributed by atoms with Crippen LogP contribution in [-0.4, -0.2) is 10.8 Å². The van der Waals surface area contributed by atoms with E-state index in [1.807, 2.05) is 42.5 Å². The number of ketones is 1. The molecule has 1 N–H and O–H groups in total. The third-order valence-corrected chi connectivity index (χ3v) is 4.20. The van der Waals surface area contributed by atoms with Crippen LogP contribution < -0.4 is 0 Å². The predicted octanol–water partition coefficient (Wildman–Crippen LogP) is 4.72. The van der Waals surface area contributed by atoms with Crippen LogP contribution in [0.3, 0.4) is 0 Å². The summed E-state index contributed by atoms with van der Waals surface area (Å²) in [6.07, 6.45) is 2.65. The van der Waals surface area contributed by atoms with Crippen LogP contribution in [0.4, 0.5) is 0 Å². The zero-order chi connectivity index (χ0) is 14.1. The van der Waals surface area contributed by atoms with E-state index in [4.69, 9.17) is 0 Å². The van der Waals surface area contributed by atoms with Crippen molar-refractivity contribution in [1.29, 1.82) is 0 Å². The van der Waals surface area contributed by atoms with E-state index in [1.165, 1.54) is 0 Å². The van der Waals surface area contributed by atoms with Gasteiger partial charge in [-0.1, -0.05) is 53.2 Å². The van der Waals surface area contributed by atoms with E-state index in [-0.39, 0.29) is 5.78 Å². The molecule has 1 aromatic heterocycles. The Bertz CT molecular complexity index is 789. The number of aromatic amines is 1. The lowest BCUT2D eigenvalue weighted by molar-refractivity contribution is 0.103. The second-order valence-corrected chi connectivity index (χ2v) is 5.56. The average Bonchev–Trinajstić information content (AvgIpc) is 2.92. The largest absolute Gasteiger partial charge is 0.360 e. The summed E-state index contributed by atoms with van der Waals surface area (Å²) < 4.78 is 0.938. The van der Waals surface area contributed by atoms with Gasteiger partial charge in [0, 0.05) is 32.7 Å². The fourth-order valence-electron chi connectivity index (χ4n) is 2.51. The van der Waals surface area contributed by atoms with Crippen molar-refractivity contribution in [2.75, 3.05) is 0 Å². The summed E-state index contributed by atoms with van der Waals surface area (Å²) >= 11 is 3.53. The van der Waals surface area contributed by atoms with Gasteiger partial charge in [-0.3, -0.25) is 4.79 Å². The Morgan fingerprint density at radius 3 is 2.70 bits per heavy atom. The van der Waals surface area contributed by atoms with E-state index in [2.05, 4.69) is 27.8 Å². The van der Waals surface area contributed by atoms with Gasteiger partial charge in [-0.2, -0.15) is 0 Å². The average molecular weight is 328 g/mol. The highest BCUT2D eigenvalue weighted by Gasteiger charge is 2.17. The number of nitrogens with one attached hydrogen (secondary N) is 1. The van der Waals surface area contributed by atoms with Crippen LogP contribution in [0.2, 0.25) is 0 Å². The Hall–Kier alpha value is -1.87. The molecule has 0 spiro atoms. The molecule has 0 aliphatic rings. The third kappa shape index (κ3) is 2.08. The summed E-state index contributed by atoms with van der Waals surface area (Å²) in [7, 11) is 0. The van der Waals surface area contributed by atoms with Gasteiger partial charge >= 0.3 is 0 Å². The number of carbonyl (C=O) groups is 1. The molecule has 0 aliphatic carbocycles. The van der Waals surface area contributed by atoms with Gasteiger partial charge in [0.2, 0.25) is 0 Å². The van der Waals surface area contributed by atoms with Crippen LogP contribution in [0.15, 0.2) is 53.1 Å². The van der Waals surface area contributed by atoms with Crippen molar-refractivity contribution in [3.05, 3.63) is 69.8 Å². The van der Waals surface area contributed by atoms with Crippen LogP contribution in [0, 0.1) is 0 Å². The number of hydrogen-bond acceptors (Lipinski definition) is 1. The summed E-state index contributed by atoms with van der Waals surface area (Å²) in [6, 6.07) is 13.7. The lowest BCUT2D eigenvalue weighted by Crippen LogP contribution is -2.04. The summed E-state index contributed by atoms with van der Waals surface area (Å²) in [6.45, 7) is 2.07. The highest BCUT2D eigenvalue weighted by Crippen LogP contribution is 2.29. The molecule has 3 rings (SSSR count). The first-order chi connectivity index (χ1) is 9.72. The number of fused-ring (bicyclic) bond motifs is 1. The zero-order valence-corrected chi connectivity index (χ0v) is 12.7. The molecule has 0 saturated carbocycles. The van der Waals surface area contributed by atoms with Crippen molar-refractivity contribution in [3.8, 4) is 0 Å². The highest BCUT2D eigenvalue weighted by molar-refractivity contribution is 9.10. The molecule has 0 saturated heterocycles. The molecular formula is C17H14BrNO. The normalized spacial score (nSPS) is 10.9. The first kappa shape index (κ1) is 13.1. The van der Waals surface area contributed by atoms with Gasteiger partial charge < -0.3 is 4.98 Å². The van der Waals surface area contributed by atoms with Gasteiger partial charge in [0.15, 0.2) is 5.78 Å². The Balaban J connectivity index is 2.18. The zero-order valence-electron chi connectivity index (χ0n) is 11.1. The molecule has 1 heterocycles. The number of benzene rings is 2. The van der Waals surface area contributed by atoms with Crippen LogP contribution in [0.1, 0.15) is 28.4 Å². The number of aromatic nitrogens is 1. The van der Waals surface area contributed by atoms with E-state index < -0.39 is 0 Å². The number of H-pyrrole nitrogens is 1. The van der Waals surface area contributed by atoms with Gasteiger partial charge in [-0.15, -0.1) is 0 Å². The van der Waals surface area contributed by atoms with Crippen molar-refractivity contribution in [1.82, 2.24) is 4.98 Å². The van der Waals surface area contributed by atoms with Crippen LogP contribution in [0.5, 0.6) is 0 Å². The number of aryl methyl sites for hydroxylation is 1. The lowest BCUT2D eigenvalue weighted by atomic mass is 9.97. The predicted molar refractivity (Wildman–Crippen MR) is 85.3 cm³/mol. The molecule has 100 valence electrons. The van der Waals surface area contributed by atoms with Gasteiger partial charge in [0.05, 0.1) is 0 Å². The highest BCUT2D eigenvalue weighted by atomic mass is 79.9. The van der Waals surface area contributed by atoms with E-state index in [9.17, 15) is 4.79 Å². The lowest BCUT2D eigenvalue weighted by Gasteiger charge is -2.06. The number of rotatable bonds is 3. The molecule has 3 aromatic rings. The molecule has 0 unspecified atom stereocenters. The SMILES string of the molecule is CCc1ccccc1C(=O)c1c[nH]c2cccc(Br)c12. The molecular weight excluding hydrogens is 314 g/mol. The molecule has 0 atom stereocenters. The third-order valence-electron chi connectivity index (χ3n) is 3.54. The second-order valence-electron chi connectivity index (χ2n) is 4.70. The maximum Gasteiger partial charge on any atom is 0.195 e. The maximum absolute atomic E-state index is 12.8. The van der Waals surface area contributed by atoms with Crippen LogP contribution in [-0.2, 0) is 6.42 Å². The van der Waals surface area contributed by atoms with Gasteiger partial charge in [-0.05, 0) is 24.1 Å². The summed E-state index contributed by atoms with van der Waals surface area (Å²) in [4.78, 5) is 16.0. The Morgan fingerprint density at radius 1 is 1.10 bits per heavy atom. The molecule has 0 fully saturated rings. The monoisotopic (exact) mass is 327 g/mol. The van der Waals surface area contributed by atoms with Gasteiger partial charge in [-0.25, -0.2) is 0 Å². The second kappa shape index (κ2) is 5.25. The van der Waals surface area contributed by atoms with E-state index in [1.54, 1.807) is 6.20 Å². The van der Waals surface area contributed by atoms with Crippen molar-refractivity contribution < 1.29 is 4.79 Å². The van der Waals surface area contributed by atoms with Gasteiger partial charge in [0.25, 0.3) is 0 Å². The molecule has 2 aromatic carbocycles. The summed E-state index contributed by atoms with van der Waals surface area (Å²) in [5.41, 5.74) is 3.55. The minimum Gasteiger partial charge on any atom is -0.360 e. The molecule has 20 heavy (non-hydrogen) atoms. The van der Waals surface area contributed by atoms with E-state index in [0.29, 0.717) is 5.56 Å². The molecule has 0 amide bonds. The number of halogens is 1. The minimum absolute atomic E-state index is 0.0700. The van der Waals surface area contributed by atoms with E-state index in [0.717, 1.165) is 32.9 Å². The molecule has 0 bridgehead atoms. The van der Waals surface area contributed by atoms with Crippen LogP contribution >= 0.6 is 15.9 Å². The van der Waals surface area contributed by atoms with Gasteiger partial charge in [0.1, 0.15) is 0 Å². The molecule has 2 nitrogen and oxygen atoms in total. The number of hydrogen-bond donors (Lipinski definition) is 1. The van der Waals surface area contributed by atoms with Crippen molar-refractivity contribution in [2.24, 2.45) is 0 Å². The van der Waals surface area contributed by atoms with E-state index >= 15 is 0 Å². The Labute approximate surface area is 126 Å². The first-order valence-electron chi connectivity index (χ1n) is 6.60. The van der Waals surface area contributed by atoms with Crippen LogP contribution in [0.25, 0.3) is 10.9 Å². The maximum atomic E-state index is 12.8. The molecule has 0 radical (unpaired) electrons. The topological polar surface area (TPSA) is 32.9 Å². The summed E-state index contributed by atoms with van der Waals surface area (Å²) in [5, 5.41) is 0.948. The smallest absolute Gasteiger partial charge is 0.195 e. The quantitative estimate of drug-likeness (QED) is 0.693. The Kier molecular flexibility index (Phi) is 3.45.